The van der Waals surface area contributed by atoms with Crippen molar-refractivity contribution in [1.29, 1.82) is 0 Å². The average Bonchev–Trinajstić information content (AvgIpc) is 3.55. The van der Waals surface area contributed by atoms with E-state index in [0.29, 0.717) is 47.3 Å². The molecule has 3 heterocycles. The lowest BCUT2D eigenvalue weighted by atomic mass is 9.96. The molecular weight excluding hydrogens is 469 g/mol. The molecule has 1 N–H and O–H groups in total. The highest BCUT2D eigenvalue weighted by atomic mass is 35.5. The van der Waals surface area contributed by atoms with E-state index in [0.717, 1.165) is 6.42 Å². The summed E-state index contributed by atoms with van der Waals surface area (Å²) < 4.78 is 16.9. The second kappa shape index (κ2) is 9.76. The van der Waals surface area contributed by atoms with Gasteiger partial charge in [0.15, 0.2) is 5.82 Å². The summed E-state index contributed by atoms with van der Waals surface area (Å²) in [6.45, 7) is 0.863. The average molecular weight is 492 g/mol. The number of anilines is 1. The Labute approximate surface area is 206 Å². The molecule has 1 unspecified atom stereocenters. The van der Waals surface area contributed by atoms with E-state index >= 15 is 0 Å². The molecule has 7 nitrogen and oxygen atoms in total. The smallest absolute Gasteiger partial charge is 0.259 e. The van der Waals surface area contributed by atoms with Crippen LogP contribution < -0.4 is 5.32 Å². The maximum Gasteiger partial charge on any atom is 0.259 e. The summed E-state index contributed by atoms with van der Waals surface area (Å²) in [5.41, 5.74) is 1.70. The first-order chi connectivity index (χ1) is 17.0. The van der Waals surface area contributed by atoms with E-state index in [4.69, 9.17) is 11.6 Å². The standard InChI is InChI=1S/C26H23ClFN5O2/c27-19-5-9-21(10-6-19)30-24(34)18-4-3-15-32(17-18)26(35)23-16-29-33(22-11-7-20(28)8-12-22)25(23)31-13-1-2-14-31/h1-2,5-14,16,18H,3-4,15,17H2,(H,30,34). The largest absolute Gasteiger partial charge is 0.338 e. The number of hydrogen-bond acceptors (Lipinski definition) is 3. The monoisotopic (exact) mass is 491 g/mol. The van der Waals surface area contributed by atoms with Crippen LogP contribution in [0.5, 0.6) is 0 Å². The summed E-state index contributed by atoms with van der Waals surface area (Å²) in [6, 6.07) is 16.6. The molecule has 2 amide bonds. The van der Waals surface area contributed by atoms with E-state index in [1.54, 1.807) is 50.5 Å². The second-order valence-electron chi connectivity index (χ2n) is 8.45. The molecular formula is C26H23ClFN5O2. The summed E-state index contributed by atoms with van der Waals surface area (Å²) in [7, 11) is 0. The zero-order valence-corrected chi connectivity index (χ0v) is 19.5. The van der Waals surface area contributed by atoms with Crippen LogP contribution in [0.1, 0.15) is 23.2 Å². The molecule has 9 heteroatoms. The van der Waals surface area contributed by atoms with E-state index in [9.17, 15) is 14.0 Å². The molecule has 1 aliphatic rings. The Hall–Kier alpha value is -3.91. The Bertz CT molecular complexity index is 1330. The first kappa shape index (κ1) is 22.9. The van der Waals surface area contributed by atoms with Crippen molar-refractivity contribution in [2.24, 2.45) is 5.92 Å². The van der Waals surface area contributed by atoms with Crippen LogP contribution in [0, 0.1) is 11.7 Å². The minimum Gasteiger partial charge on any atom is -0.338 e. The fourth-order valence-electron chi connectivity index (χ4n) is 4.31. The van der Waals surface area contributed by atoms with Crippen molar-refractivity contribution in [3.05, 3.63) is 95.7 Å². The maximum absolute atomic E-state index is 13.6. The highest BCUT2D eigenvalue weighted by Gasteiger charge is 2.31. The topological polar surface area (TPSA) is 72.2 Å². The van der Waals surface area contributed by atoms with Gasteiger partial charge in [-0.25, -0.2) is 9.07 Å². The first-order valence-electron chi connectivity index (χ1n) is 11.3. The third-order valence-corrected chi connectivity index (χ3v) is 6.34. The highest BCUT2D eigenvalue weighted by Crippen LogP contribution is 2.25. The van der Waals surface area contributed by atoms with Gasteiger partial charge in [0.05, 0.1) is 17.8 Å². The van der Waals surface area contributed by atoms with Crippen LogP contribution in [0.15, 0.2) is 79.3 Å². The molecule has 0 saturated carbocycles. The Morgan fingerprint density at radius 3 is 2.46 bits per heavy atom. The van der Waals surface area contributed by atoms with Crippen LogP contribution in [0.2, 0.25) is 5.02 Å². The van der Waals surface area contributed by atoms with Gasteiger partial charge in [-0.1, -0.05) is 11.6 Å². The number of hydrogen-bond donors (Lipinski definition) is 1. The summed E-state index contributed by atoms with van der Waals surface area (Å²) in [5.74, 6) is -0.454. The Morgan fingerprint density at radius 1 is 1.03 bits per heavy atom. The molecule has 2 aromatic heterocycles. The normalized spacial score (nSPS) is 15.7. The summed E-state index contributed by atoms with van der Waals surface area (Å²) in [6.07, 6.45) is 6.59. The second-order valence-corrected chi connectivity index (χ2v) is 8.88. The molecule has 1 atom stereocenters. The van der Waals surface area contributed by atoms with Gasteiger partial charge < -0.3 is 14.8 Å². The van der Waals surface area contributed by atoms with E-state index in [2.05, 4.69) is 10.4 Å². The molecule has 0 spiro atoms. The molecule has 0 aliphatic carbocycles. The van der Waals surface area contributed by atoms with Crippen LogP contribution in [0.4, 0.5) is 10.1 Å². The van der Waals surface area contributed by atoms with Crippen molar-refractivity contribution < 1.29 is 14.0 Å². The van der Waals surface area contributed by atoms with Crippen molar-refractivity contribution in [3.8, 4) is 11.5 Å². The fourth-order valence-corrected chi connectivity index (χ4v) is 4.44. The molecule has 0 radical (unpaired) electrons. The number of rotatable bonds is 5. The highest BCUT2D eigenvalue weighted by molar-refractivity contribution is 6.30. The molecule has 4 aromatic rings. The lowest BCUT2D eigenvalue weighted by Crippen LogP contribution is -2.44. The van der Waals surface area contributed by atoms with Gasteiger partial charge in [-0.2, -0.15) is 5.10 Å². The maximum atomic E-state index is 13.6. The number of likely N-dealkylation sites (tertiary alicyclic amines) is 1. The van der Waals surface area contributed by atoms with Crippen LogP contribution in [-0.2, 0) is 4.79 Å². The van der Waals surface area contributed by atoms with Crippen LogP contribution in [0.25, 0.3) is 11.5 Å². The van der Waals surface area contributed by atoms with Gasteiger partial charge in [0, 0.05) is 36.2 Å². The number of piperidine rings is 1. The van der Waals surface area contributed by atoms with Crippen molar-refractivity contribution >= 4 is 29.1 Å². The number of aromatic nitrogens is 3. The quantitative estimate of drug-likeness (QED) is 0.429. The van der Waals surface area contributed by atoms with Crippen LogP contribution in [0.3, 0.4) is 0 Å². The third-order valence-electron chi connectivity index (χ3n) is 6.09. The molecule has 0 bridgehead atoms. The van der Waals surface area contributed by atoms with Gasteiger partial charge in [0.25, 0.3) is 5.91 Å². The van der Waals surface area contributed by atoms with E-state index in [1.807, 2.05) is 24.5 Å². The van der Waals surface area contributed by atoms with E-state index < -0.39 is 0 Å². The Kier molecular flexibility index (Phi) is 6.37. The van der Waals surface area contributed by atoms with Gasteiger partial charge >= 0.3 is 0 Å². The van der Waals surface area contributed by atoms with Gasteiger partial charge in [-0.05, 0) is 73.5 Å². The van der Waals surface area contributed by atoms with Crippen molar-refractivity contribution in [2.75, 3.05) is 18.4 Å². The fraction of sp³-hybridized carbons (Fsp3) is 0.192. The molecule has 1 fully saturated rings. The third kappa shape index (κ3) is 4.83. The Morgan fingerprint density at radius 2 is 1.74 bits per heavy atom. The van der Waals surface area contributed by atoms with Gasteiger partial charge in [0.2, 0.25) is 5.91 Å². The van der Waals surface area contributed by atoms with E-state index in [1.165, 1.54) is 18.3 Å². The lowest BCUT2D eigenvalue weighted by Gasteiger charge is -2.32. The molecule has 1 saturated heterocycles. The molecule has 35 heavy (non-hydrogen) atoms. The summed E-state index contributed by atoms with van der Waals surface area (Å²) >= 11 is 5.92. The number of carbonyl (C=O) groups excluding carboxylic acids is 2. The summed E-state index contributed by atoms with van der Waals surface area (Å²) in [4.78, 5) is 28.2. The first-order valence-corrected chi connectivity index (χ1v) is 11.7. The predicted octanol–water partition coefficient (Wildman–Crippen LogP) is 4.95. The molecule has 178 valence electrons. The number of nitrogens with one attached hydrogen (secondary N) is 1. The minimum atomic E-state index is -0.351. The number of nitrogens with zero attached hydrogens (tertiary/aromatic N) is 4. The van der Waals surface area contributed by atoms with Crippen LogP contribution in [-0.4, -0.2) is 44.2 Å². The van der Waals surface area contributed by atoms with Gasteiger partial charge in [-0.15, -0.1) is 0 Å². The van der Waals surface area contributed by atoms with Gasteiger partial charge in [-0.3, -0.25) is 9.59 Å². The molecule has 1 aliphatic heterocycles. The number of halogens is 2. The van der Waals surface area contributed by atoms with Crippen molar-refractivity contribution in [3.63, 3.8) is 0 Å². The van der Waals surface area contributed by atoms with Crippen LogP contribution >= 0.6 is 11.6 Å². The van der Waals surface area contributed by atoms with Crippen molar-refractivity contribution in [2.45, 2.75) is 12.8 Å². The lowest BCUT2D eigenvalue weighted by molar-refractivity contribution is -0.121. The number of carbonyl (C=O) groups is 2. The Balaban J connectivity index is 1.39. The number of benzene rings is 2. The number of amides is 2. The minimum absolute atomic E-state index is 0.127. The van der Waals surface area contributed by atoms with Crippen molar-refractivity contribution in [1.82, 2.24) is 19.2 Å². The SMILES string of the molecule is O=C(Nc1ccc(Cl)cc1)C1CCCN(C(=O)c2cnn(-c3ccc(F)cc3)c2-n2cccc2)C1. The zero-order chi connectivity index (χ0) is 24.4. The molecule has 2 aromatic carbocycles. The predicted molar refractivity (Wildman–Crippen MR) is 132 cm³/mol. The molecule has 5 rings (SSSR count). The zero-order valence-electron chi connectivity index (χ0n) is 18.8. The van der Waals surface area contributed by atoms with E-state index in [-0.39, 0.29) is 23.5 Å². The van der Waals surface area contributed by atoms with Gasteiger partial charge in [0.1, 0.15) is 11.4 Å². The summed E-state index contributed by atoms with van der Waals surface area (Å²) in [5, 5.41) is 7.95.